The van der Waals surface area contributed by atoms with Gasteiger partial charge in [-0.1, -0.05) is 0 Å². The summed E-state index contributed by atoms with van der Waals surface area (Å²) < 4.78 is 30.3. The van der Waals surface area contributed by atoms with E-state index in [1.54, 1.807) is 17.0 Å². The summed E-state index contributed by atoms with van der Waals surface area (Å²) in [7, 11) is 0. The second-order valence-electron chi connectivity index (χ2n) is 9.10. The Labute approximate surface area is 202 Å². The molecule has 1 aromatic carbocycles. The van der Waals surface area contributed by atoms with E-state index in [-0.39, 0.29) is 30.3 Å². The molecule has 0 bridgehead atoms. The molecule has 1 aromatic heterocycles. The van der Waals surface area contributed by atoms with Gasteiger partial charge in [0.1, 0.15) is 17.6 Å². The van der Waals surface area contributed by atoms with Crippen molar-refractivity contribution in [2.75, 3.05) is 32.8 Å². The maximum absolute atomic E-state index is 13.5. The summed E-state index contributed by atoms with van der Waals surface area (Å²) in [6.07, 6.45) is 3.91. The molecule has 10 heteroatoms. The smallest absolute Gasteiger partial charge is 0.292 e. The summed E-state index contributed by atoms with van der Waals surface area (Å²) in [6, 6.07) is 7.76. The van der Waals surface area contributed by atoms with E-state index < -0.39 is 23.5 Å². The number of nitrogens with one attached hydrogen (secondary N) is 1. The van der Waals surface area contributed by atoms with Gasteiger partial charge in [0.05, 0.1) is 19.0 Å². The van der Waals surface area contributed by atoms with Crippen LogP contribution >= 0.6 is 0 Å². The van der Waals surface area contributed by atoms with Crippen molar-refractivity contribution in [2.45, 2.75) is 43.6 Å². The van der Waals surface area contributed by atoms with Crippen LogP contribution in [0, 0.1) is 5.82 Å². The van der Waals surface area contributed by atoms with Crippen LogP contribution in [0.4, 0.5) is 4.39 Å². The van der Waals surface area contributed by atoms with Gasteiger partial charge >= 0.3 is 0 Å². The van der Waals surface area contributed by atoms with Gasteiger partial charge in [-0.2, -0.15) is 0 Å². The van der Waals surface area contributed by atoms with Gasteiger partial charge < -0.3 is 24.1 Å². The normalized spacial score (nSPS) is 23.6. The number of nitrogens with zero attached hydrogens (tertiary/aromatic N) is 2. The van der Waals surface area contributed by atoms with E-state index in [4.69, 9.17) is 13.9 Å². The fourth-order valence-corrected chi connectivity index (χ4v) is 5.06. The van der Waals surface area contributed by atoms with Gasteiger partial charge in [-0.3, -0.25) is 19.3 Å². The van der Waals surface area contributed by atoms with E-state index in [0.29, 0.717) is 44.6 Å². The van der Waals surface area contributed by atoms with E-state index in [9.17, 15) is 18.8 Å². The van der Waals surface area contributed by atoms with Crippen molar-refractivity contribution in [1.29, 1.82) is 0 Å². The van der Waals surface area contributed by atoms with Gasteiger partial charge in [-0.15, -0.1) is 0 Å². The van der Waals surface area contributed by atoms with Crippen LogP contribution in [0.25, 0.3) is 0 Å². The lowest BCUT2D eigenvalue weighted by atomic mass is 9.96. The second-order valence-corrected chi connectivity index (χ2v) is 9.10. The van der Waals surface area contributed by atoms with E-state index in [2.05, 4.69) is 5.32 Å². The Kier molecular flexibility index (Phi) is 6.57. The number of carbonyl (C=O) groups excluding carboxylic acids is 3. The molecule has 186 valence electrons. The molecule has 4 heterocycles. The van der Waals surface area contributed by atoms with Crippen LogP contribution in [-0.4, -0.2) is 78.2 Å². The quantitative estimate of drug-likeness (QED) is 0.697. The topological polar surface area (TPSA) is 101 Å². The van der Waals surface area contributed by atoms with E-state index in [1.807, 2.05) is 0 Å². The molecule has 9 nitrogen and oxygen atoms in total. The van der Waals surface area contributed by atoms with Crippen LogP contribution in [0.1, 0.15) is 46.6 Å². The average molecular weight is 486 g/mol. The number of carbonyl (C=O) groups is 3. The number of piperidine rings is 1. The molecule has 2 atom stereocenters. The molecular weight excluding hydrogens is 457 g/mol. The fourth-order valence-electron chi connectivity index (χ4n) is 5.06. The number of hydrogen-bond acceptors (Lipinski definition) is 6. The van der Waals surface area contributed by atoms with Crippen molar-refractivity contribution in [3.8, 4) is 0 Å². The lowest BCUT2D eigenvalue weighted by molar-refractivity contribution is -0.128. The monoisotopic (exact) mass is 485 g/mol. The molecule has 3 fully saturated rings. The Bertz CT molecular complexity index is 1060. The van der Waals surface area contributed by atoms with Crippen LogP contribution in [0.5, 0.6) is 0 Å². The molecule has 5 rings (SSSR count). The summed E-state index contributed by atoms with van der Waals surface area (Å²) in [5.41, 5.74) is -0.639. The van der Waals surface area contributed by atoms with Crippen LogP contribution < -0.4 is 5.32 Å². The molecule has 0 saturated carbocycles. The minimum absolute atomic E-state index is 0.0230. The number of ether oxygens (including phenoxy) is 2. The summed E-state index contributed by atoms with van der Waals surface area (Å²) in [5.74, 6) is -1.23. The van der Waals surface area contributed by atoms with Gasteiger partial charge in [0.2, 0.25) is 5.91 Å². The molecule has 1 spiro atoms. The number of benzene rings is 1. The van der Waals surface area contributed by atoms with Crippen molar-refractivity contribution in [3.63, 3.8) is 0 Å². The number of likely N-dealkylation sites (tertiary alicyclic amines) is 1. The first-order valence-corrected chi connectivity index (χ1v) is 11.9. The summed E-state index contributed by atoms with van der Waals surface area (Å²) in [4.78, 5) is 42.6. The lowest BCUT2D eigenvalue weighted by Gasteiger charge is -2.44. The summed E-state index contributed by atoms with van der Waals surface area (Å²) in [5, 5.41) is 2.91. The first-order valence-electron chi connectivity index (χ1n) is 11.9. The molecular formula is C25H28FN3O6. The zero-order valence-corrected chi connectivity index (χ0v) is 19.3. The highest BCUT2D eigenvalue weighted by atomic mass is 19.1. The van der Waals surface area contributed by atoms with Crippen molar-refractivity contribution in [2.24, 2.45) is 0 Å². The first-order chi connectivity index (χ1) is 17.0. The van der Waals surface area contributed by atoms with Gasteiger partial charge in [0.15, 0.2) is 5.76 Å². The Morgan fingerprint density at radius 3 is 2.51 bits per heavy atom. The number of furan rings is 1. The first kappa shape index (κ1) is 23.5. The minimum Gasteiger partial charge on any atom is -0.459 e. The van der Waals surface area contributed by atoms with Gasteiger partial charge in [0.25, 0.3) is 11.8 Å². The lowest BCUT2D eigenvalue weighted by Crippen LogP contribution is -2.60. The fraction of sp³-hybridized carbons (Fsp3) is 0.480. The highest BCUT2D eigenvalue weighted by Gasteiger charge is 2.54. The van der Waals surface area contributed by atoms with E-state index >= 15 is 0 Å². The highest BCUT2D eigenvalue weighted by molar-refractivity contribution is 5.97. The Morgan fingerprint density at radius 2 is 1.86 bits per heavy atom. The third kappa shape index (κ3) is 4.68. The molecule has 3 saturated heterocycles. The molecule has 1 N–H and O–H groups in total. The summed E-state index contributed by atoms with van der Waals surface area (Å²) >= 11 is 0. The number of halogens is 1. The van der Waals surface area contributed by atoms with Crippen LogP contribution in [0.15, 0.2) is 47.1 Å². The largest absolute Gasteiger partial charge is 0.459 e. The average Bonchev–Trinajstić information content (AvgIpc) is 3.65. The zero-order valence-electron chi connectivity index (χ0n) is 19.3. The predicted octanol–water partition coefficient (Wildman–Crippen LogP) is 2.19. The molecule has 0 aliphatic carbocycles. The maximum Gasteiger partial charge on any atom is 0.292 e. The third-order valence-corrected chi connectivity index (χ3v) is 6.97. The molecule has 3 aliphatic rings. The third-order valence-electron chi connectivity index (χ3n) is 6.97. The SMILES string of the molecule is O=C(NCC1CCCO1)C1COC2(CCN(C(=O)c3ccc(F)cc3)CC2)N1C(=O)c1ccco1. The van der Waals surface area contributed by atoms with Crippen molar-refractivity contribution in [3.05, 3.63) is 59.8 Å². The minimum atomic E-state index is -1.03. The van der Waals surface area contributed by atoms with Gasteiger partial charge in [0, 0.05) is 44.6 Å². The van der Waals surface area contributed by atoms with Crippen LogP contribution in [-0.2, 0) is 14.3 Å². The molecule has 2 unspecified atom stereocenters. The highest BCUT2D eigenvalue weighted by Crippen LogP contribution is 2.39. The van der Waals surface area contributed by atoms with Gasteiger partial charge in [-0.25, -0.2) is 4.39 Å². The molecule has 3 aliphatic heterocycles. The van der Waals surface area contributed by atoms with E-state index in [0.717, 1.165) is 12.8 Å². The zero-order chi connectivity index (χ0) is 24.4. The number of hydrogen-bond donors (Lipinski definition) is 1. The Morgan fingerprint density at radius 1 is 1.09 bits per heavy atom. The maximum atomic E-state index is 13.5. The molecule has 0 radical (unpaired) electrons. The molecule has 3 amide bonds. The Hall–Kier alpha value is -3.24. The number of amides is 3. The molecule has 2 aromatic rings. The summed E-state index contributed by atoms with van der Waals surface area (Å²) in [6.45, 7) is 1.76. The second kappa shape index (κ2) is 9.79. The molecule has 35 heavy (non-hydrogen) atoms. The van der Waals surface area contributed by atoms with E-state index in [1.165, 1.54) is 35.4 Å². The predicted molar refractivity (Wildman–Crippen MR) is 121 cm³/mol. The van der Waals surface area contributed by atoms with Crippen molar-refractivity contribution >= 4 is 17.7 Å². The van der Waals surface area contributed by atoms with Crippen LogP contribution in [0.2, 0.25) is 0 Å². The van der Waals surface area contributed by atoms with Crippen LogP contribution in [0.3, 0.4) is 0 Å². The Balaban J connectivity index is 1.31. The van der Waals surface area contributed by atoms with Gasteiger partial charge in [-0.05, 0) is 49.2 Å². The number of rotatable bonds is 5. The van der Waals surface area contributed by atoms with Crippen molar-refractivity contribution < 1.29 is 32.7 Å². The standard InChI is InChI=1S/C25H28FN3O6/c26-18-7-5-17(6-8-18)23(31)28-11-9-25(10-12-28)29(24(32)21-4-2-14-34-21)20(16-35-25)22(30)27-15-19-3-1-13-33-19/h2,4-8,14,19-20H,1,3,9-13,15-16H2,(H,27,30). The van der Waals surface area contributed by atoms with Crippen molar-refractivity contribution in [1.82, 2.24) is 15.1 Å².